The van der Waals surface area contributed by atoms with Crippen LogP contribution in [-0.2, 0) is 28.4 Å². The van der Waals surface area contributed by atoms with E-state index in [0.29, 0.717) is 10.8 Å². The summed E-state index contributed by atoms with van der Waals surface area (Å²) in [5.74, 6) is -4.43. The first-order valence-corrected chi connectivity index (χ1v) is 14.2. The maximum atomic E-state index is 15.4. The Balaban J connectivity index is 1.38. The summed E-state index contributed by atoms with van der Waals surface area (Å²) in [6.07, 6.45) is 4.00. The number of nitrogens with one attached hydrogen (secondary N) is 4. The van der Waals surface area contributed by atoms with E-state index in [0.717, 1.165) is 16.8 Å². The molecule has 0 aliphatic heterocycles. The summed E-state index contributed by atoms with van der Waals surface area (Å²) in [6.45, 7) is -1.03. The molecule has 0 spiro atoms. The van der Waals surface area contributed by atoms with Crippen molar-refractivity contribution in [1.82, 2.24) is 24.6 Å². The molecule has 1 amide bonds. The Bertz CT molecular complexity index is 2040. The van der Waals surface area contributed by atoms with Crippen molar-refractivity contribution in [2.45, 2.75) is 17.5 Å². The second kappa shape index (κ2) is 11.6. The Morgan fingerprint density at radius 2 is 1.86 bits per heavy atom. The van der Waals surface area contributed by atoms with Crippen LogP contribution in [0, 0.1) is 11.6 Å². The lowest BCUT2D eigenvalue weighted by molar-refractivity contribution is -0.138. The Labute approximate surface area is 242 Å². The lowest BCUT2D eigenvalue weighted by Crippen LogP contribution is -2.48. The Morgan fingerprint density at radius 3 is 2.58 bits per heavy atom. The summed E-state index contributed by atoms with van der Waals surface area (Å²) in [7, 11) is -3.01. The van der Waals surface area contributed by atoms with Gasteiger partial charge in [-0.1, -0.05) is 36.4 Å². The first-order valence-electron chi connectivity index (χ1n) is 12.7. The number of hydrogen-bond acceptors (Lipinski definition) is 7. The SMILES string of the molecule is Cn1cc(C(=O)NCC(NS(=O)(=O)c2cccc3ccccc23)C(=O)O)c(=O)c2cc(F)c(CNc3ncc[nH]3)c(F)c21. The molecule has 1 atom stereocenters. The van der Waals surface area contributed by atoms with Crippen molar-refractivity contribution in [2.24, 2.45) is 7.05 Å². The summed E-state index contributed by atoms with van der Waals surface area (Å²) in [4.78, 5) is 44.5. The summed E-state index contributed by atoms with van der Waals surface area (Å²) >= 11 is 0. The molecule has 12 nitrogen and oxygen atoms in total. The first kappa shape index (κ1) is 29.3. The van der Waals surface area contributed by atoms with Gasteiger partial charge in [0.1, 0.15) is 17.4 Å². The molecule has 5 N–H and O–H groups in total. The van der Waals surface area contributed by atoms with Crippen LogP contribution >= 0.6 is 0 Å². The lowest BCUT2D eigenvalue weighted by Gasteiger charge is -2.17. The molecule has 0 radical (unpaired) electrons. The molecule has 0 saturated carbocycles. The molecule has 1 unspecified atom stereocenters. The molecule has 15 heteroatoms. The minimum Gasteiger partial charge on any atom is -0.480 e. The molecule has 3 aromatic carbocycles. The number of pyridine rings is 1. The van der Waals surface area contributed by atoms with Crippen molar-refractivity contribution < 1.29 is 31.9 Å². The van der Waals surface area contributed by atoms with Gasteiger partial charge >= 0.3 is 5.97 Å². The maximum Gasteiger partial charge on any atom is 0.323 e. The topological polar surface area (TPSA) is 175 Å². The van der Waals surface area contributed by atoms with Gasteiger partial charge in [-0.25, -0.2) is 22.2 Å². The highest BCUT2D eigenvalue weighted by Gasteiger charge is 2.28. The number of carbonyl (C=O) groups is 2. The number of aromatic nitrogens is 3. The molecule has 0 aliphatic carbocycles. The smallest absolute Gasteiger partial charge is 0.323 e. The van der Waals surface area contributed by atoms with Gasteiger partial charge in [0.2, 0.25) is 15.5 Å². The van der Waals surface area contributed by atoms with E-state index in [-0.39, 0.29) is 28.5 Å². The number of rotatable bonds is 10. The highest BCUT2D eigenvalue weighted by Crippen LogP contribution is 2.24. The van der Waals surface area contributed by atoms with Crippen LogP contribution in [0.15, 0.2) is 76.8 Å². The molecule has 0 aliphatic rings. The zero-order valence-corrected chi connectivity index (χ0v) is 23.2. The van der Waals surface area contributed by atoms with Crippen molar-refractivity contribution in [3.8, 4) is 0 Å². The quantitative estimate of drug-likeness (QED) is 0.160. The standard InChI is InChI=1S/C28H24F2N6O6S/c1-36-14-19(25(37)17-11-20(29)18(23(30)24(17)36)12-34-28-31-9-10-32-28)26(38)33-13-21(27(39)40)35-43(41,42)22-8-4-6-15-5-2-3-7-16(15)22/h2-11,14,21,35H,12-13H2,1H3,(H,33,38)(H,39,40)(H2,31,32,34). The predicted molar refractivity (Wildman–Crippen MR) is 153 cm³/mol. The average Bonchev–Trinajstić information content (AvgIpc) is 3.49. The number of carboxylic acids is 1. The van der Waals surface area contributed by atoms with E-state index in [9.17, 15) is 32.3 Å². The number of carbonyl (C=O) groups excluding carboxylic acids is 1. The average molecular weight is 611 g/mol. The van der Waals surface area contributed by atoms with Gasteiger partial charge < -0.3 is 25.3 Å². The van der Waals surface area contributed by atoms with E-state index >= 15 is 4.39 Å². The molecule has 0 fully saturated rings. The Kier molecular flexibility index (Phi) is 7.93. The number of H-pyrrole nitrogens is 1. The number of nitrogens with zero attached hydrogens (tertiary/aromatic N) is 2. The molecule has 2 aromatic heterocycles. The lowest BCUT2D eigenvalue weighted by atomic mass is 10.1. The summed E-state index contributed by atoms with van der Waals surface area (Å²) in [5, 5.41) is 15.2. The minimum atomic E-state index is -4.36. The normalized spacial score (nSPS) is 12.3. The van der Waals surface area contributed by atoms with Crippen LogP contribution in [0.4, 0.5) is 14.7 Å². The number of benzene rings is 3. The molecule has 0 saturated heterocycles. The fraction of sp³-hybridized carbons (Fsp3) is 0.143. The van der Waals surface area contributed by atoms with Crippen LogP contribution in [-0.4, -0.2) is 52.5 Å². The van der Waals surface area contributed by atoms with Gasteiger partial charge in [0.25, 0.3) is 5.91 Å². The van der Waals surface area contributed by atoms with Crippen LogP contribution < -0.4 is 20.8 Å². The number of carboxylic acid groups (broad SMARTS) is 1. The number of anilines is 1. The number of amides is 1. The third-order valence-corrected chi connectivity index (χ3v) is 8.26. The largest absolute Gasteiger partial charge is 0.480 e. The van der Waals surface area contributed by atoms with Gasteiger partial charge in [-0.15, -0.1) is 0 Å². The second-order valence-electron chi connectivity index (χ2n) is 9.52. The zero-order chi connectivity index (χ0) is 30.9. The number of fused-ring (bicyclic) bond motifs is 2. The highest BCUT2D eigenvalue weighted by molar-refractivity contribution is 7.89. The summed E-state index contributed by atoms with van der Waals surface area (Å²) in [6, 6.07) is 10.2. The molecule has 2 heterocycles. The van der Waals surface area contributed by atoms with Crippen LogP contribution in [0.1, 0.15) is 15.9 Å². The molecule has 5 rings (SSSR count). The third-order valence-electron chi connectivity index (χ3n) is 6.73. The monoisotopic (exact) mass is 610 g/mol. The molecule has 222 valence electrons. The van der Waals surface area contributed by atoms with Gasteiger partial charge in [0.05, 0.1) is 15.8 Å². The van der Waals surface area contributed by atoms with Crippen molar-refractivity contribution in [3.05, 3.63) is 100 Å². The van der Waals surface area contributed by atoms with Gasteiger partial charge in [-0.05, 0) is 17.5 Å². The van der Waals surface area contributed by atoms with Gasteiger partial charge in [0.15, 0.2) is 11.8 Å². The Hall–Kier alpha value is -5.15. The summed E-state index contributed by atoms with van der Waals surface area (Å²) < 4.78 is 59.7. The van der Waals surface area contributed by atoms with Crippen LogP contribution in [0.5, 0.6) is 0 Å². The fourth-order valence-electron chi connectivity index (χ4n) is 4.64. The van der Waals surface area contributed by atoms with E-state index in [1.165, 1.54) is 31.6 Å². The third kappa shape index (κ3) is 5.80. The van der Waals surface area contributed by atoms with Crippen LogP contribution in [0.25, 0.3) is 21.7 Å². The van der Waals surface area contributed by atoms with Gasteiger partial charge in [-0.2, -0.15) is 4.72 Å². The number of aliphatic carboxylic acids is 1. The van der Waals surface area contributed by atoms with E-state index in [2.05, 4.69) is 25.3 Å². The van der Waals surface area contributed by atoms with E-state index in [1.54, 1.807) is 30.3 Å². The highest BCUT2D eigenvalue weighted by atomic mass is 32.2. The van der Waals surface area contributed by atoms with Crippen LogP contribution in [0.3, 0.4) is 0 Å². The molecule has 5 aromatic rings. The number of aromatic amines is 1. The van der Waals surface area contributed by atoms with Crippen molar-refractivity contribution in [1.29, 1.82) is 0 Å². The number of halogens is 2. The van der Waals surface area contributed by atoms with E-state index in [4.69, 9.17) is 0 Å². The number of sulfonamides is 1. The first-order chi connectivity index (χ1) is 20.5. The zero-order valence-electron chi connectivity index (χ0n) is 22.4. The molecule has 0 bridgehead atoms. The fourth-order valence-corrected chi connectivity index (χ4v) is 6.05. The van der Waals surface area contributed by atoms with Crippen molar-refractivity contribution >= 4 is 49.5 Å². The number of imidazole rings is 1. The minimum absolute atomic E-state index is 0.158. The molecular formula is C28H24F2N6O6S. The van der Waals surface area contributed by atoms with E-state index in [1.807, 2.05) is 0 Å². The van der Waals surface area contributed by atoms with E-state index < -0.39 is 62.5 Å². The maximum absolute atomic E-state index is 15.4. The molecule has 43 heavy (non-hydrogen) atoms. The second-order valence-corrected chi connectivity index (χ2v) is 11.2. The predicted octanol–water partition coefficient (Wildman–Crippen LogP) is 2.47. The Morgan fingerprint density at radius 1 is 1.12 bits per heavy atom. The van der Waals surface area contributed by atoms with Crippen molar-refractivity contribution in [3.63, 3.8) is 0 Å². The number of aryl methyl sites for hydroxylation is 1. The number of hydrogen-bond donors (Lipinski definition) is 5. The molecular weight excluding hydrogens is 586 g/mol. The van der Waals surface area contributed by atoms with Crippen LogP contribution in [0.2, 0.25) is 0 Å². The van der Waals surface area contributed by atoms with Gasteiger partial charge in [0, 0.05) is 49.7 Å². The van der Waals surface area contributed by atoms with Crippen molar-refractivity contribution in [2.75, 3.05) is 11.9 Å². The summed E-state index contributed by atoms with van der Waals surface area (Å²) in [5.41, 5.74) is -2.15. The van der Waals surface area contributed by atoms with Gasteiger partial charge in [-0.3, -0.25) is 14.4 Å².